The molecule has 1 aliphatic heterocycles. The van der Waals surface area contributed by atoms with Gasteiger partial charge < -0.3 is 5.32 Å². The van der Waals surface area contributed by atoms with Gasteiger partial charge in [-0.15, -0.1) is 0 Å². The third-order valence-electron chi connectivity index (χ3n) is 4.27. The molecule has 1 aliphatic carbocycles. The normalized spacial score (nSPS) is 28.2. The molecule has 1 heterocycles. The zero-order valence-corrected chi connectivity index (χ0v) is 14.0. The molecule has 1 unspecified atom stereocenters. The Morgan fingerprint density at radius 3 is 2.71 bits per heavy atom. The quantitative estimate of drug-likeness (QED) is 0.703. The summed E-state index contributed by atoms with van der Waals surface area (Å²) < 4.78 is 27.2. The lowest BCUT2D eigenvalue weighted by molar-refractivity contribution is -0.120. The van der Waals surface area contributed by atoms with Gasteiger partial charge in [-0.25, -0.2) is 13.1 Å². The minimum Gasteiger partial charge on any atom is -0.325 e. The van der Waals surface area contributed by atoms with Crippen molar-refractivity contribution in [2.24, 2.45) is 11.8 Å². The maximum Gasteiger partial charge on any atom is 0.266 e. The Morgan fingerprint density at radius 2 is 1.88 bits per heavy atom. The SMILES string of the molecule is O=C1CCCC/C=C\C2C[C@@H]2C(=O)NS(=O)(=O)c2ccccc2N1. The van der Waals surface area contributed by atoms with E-state index in [-0.39, 0.29) is 28.3 Å². The number of nitrogens with one attached hydrogen (secondary N) is 2. The minimum absolute atomic E-state index is 0.0886. The molecule has 7 heteroatoms. The summed E-state index contributed by atoms with van der Waals surface area (Å²) in [5.41, 5.74) is 0.197. The Kier molecular flexibility index (Phi) is 4.71. The Hall–Kier alpha value is -2.15. The second-order valence-corrected chi connectivity index (χ2v) is 7.84. The summed E-state index contributed by atoms with van der Waals surface area (Å²) in [6.07, 6.45) is 7.47. The average molecular weight is 348 g/mol. The van der Waals surface area contributed by atoms with Crippen LogP contribution in [0, 0.1) is 11.8 Å². The lowest BCUT2D eigenvalue weighted by Gasteiger charge is -2.12. The second kappa shape index (κ2) is 6.76. The highest BCUT2D eigenvalue weighted by Crippen LogP contribution is 2.40. The van der Waals surface area contributed by atoms with Crippen LogP contribution in [-0.4, -0.2) is 20.2 Å². The largest absolute Gasteiger partial charge is 0.325 e. The first kappa shape index (κ1) is 16.7. The van der Waals surface area contributed by atoms with Gasteiger partial charge in [-0.3, -0.25) is 9.59 Å². The summed E-state index contributed by atoms with van der Waals surface area (Å²) in [5, 5.41) is 2.63. The van der Waals surface area contributed by atoms with Gasteiger partial charge in [0.15, 0.2) is 0 Å². The third-order valence-corrected chi connectivity index (χ3v) is 5.68. The predicted octanol–water partition coefficient (Wildman–Crippen LogP) is 2.20. The number of sulfonamides is 1. The van der Waals surface area contributed by atoms with Crippen molar-refractivity contribution in [2.45, 2.75) is 37.0 Å². The molecule has 0 aromatic heterocycles. The molecule has 128 valence electrons. The molecule has 1 fully saturated rings. The summed E-state index contributed by atoms with van der Waals surface area (Å²) >= 11 is 0. The summed E-state index contributed by atoms with van der Waals surface area (Å²) in [5.74, 6) is -0.894. The van der Waals surface area contributed by atoms with E-state index in [1.165, 1.54) is 12.1 Å². The van der Waals surface area contributed by atoms with Crippen molar-refractivity contribution in [3.63, 3.8) is 0 Å². The Balaban J connectivity index is 1.89. The second-order valence-electron chi connectivity index (χ2n) is 6.19. The van der Waals surface area contributed by atoms with Crippen molar-refractivity contribution < 1.29 is 18.0 Å². The third kappa shape index (κ3) is 3.84. The number of benzene rings is 1. The first-order chi connectivity index (χ1) is 11.5. The van der Waals surface area contributed by atoms with Crippen molar-refractivity contribution in [1.29, 1.82) is 0 Å². The van der Waals surface area contributed by atoms with Crippen molar-refractivity contribution in [3.8, 4) is 0 Å². The number of allylic oxidation sites excluding steroid dienone is 2. The molecule has 6 nitrogen and oxygen atoms in total. The molecule has 1 saturated carbocycles. The summed E-state index contributed by atoms with van der Waals surface area (Å²) in [6, 6.07) is 6.11. The summed E-state index contributed by atoms with van der Waals surface area (Å²) in [6.45, 7) is 0. The van der Waals surface area contributed by atoms with Crippen LogP contribution >= 0.6 is 0 Å². The van der Waals surface area contributed by atoms with Gasteiger partial charge in [0, 0.05) is 12.3 Å². The molecule has 2 aliphatic rings. The van der Waals surface area contributed by atoms with Gasteiger partial charge in [0.25, 0.3) is 10.0 Å². The lowest BCUT2D eigenvalue weighted by atomic mass is 10.1. The summed E-state index contributed by atoms with van der Waals surface area (Å²) in [7, 11) is -4.02. The molecule has 0 bridgehead atoms. The van der Waals surface area contributed by atoms with Crippen LogP contribution in [-0.2, 0) is 19.6 Å². The number of carbonyl (C=O) groups is 2. The fraction of sp³-hybridized carbons (Fsp3) is 0.412. The fourth-order valence-electron chi connectivity index (χ4n) is 2.83. The van der Waals surface area contributed by atoms with Gasteiger partial charge in [-0.1, -0.05) is 24.3 Å². The molecule has 2 N–H and O–H groups in total. The molecule has 1 aromatic rings. The van der Waals surface area contributed by atoms with E-state index in [9.17, 15) is 18.0 Å². The van der Waals surface area contributed by atoms with Gasteiger partial charge in [-0.05, 0) is 43.7 Å². The van der Waals surface area contributed by atoms with Crippen LogP contribution in [0.25, 0.3) is 0 Å². The maximum atomic E-state index is 12.5. The Bertz CT molecular complexity index is 786. The van der Waals surface area contributed by atoms with Crippen LogP contribution in [0.2, 0.25) is 0 Å². The maximum absolute atomic E-state index is 12.5. The van der Waals surface area contributed by atoms with E-state index in [1.54, 1.807) is 12.1 Å². The molecular weight excluding hydrogens is 328 g/mol. The molecule has 0 radical (unpaired) electrons. The van der Waals surface area contributed by atoms with Gasteiger partial charge >= 0.3 is 0 Å². The average Bonchev–Trinajstić information content (AvgIpc) is 3.29. The van der Waals surface area contributed by atoms with Crippen LogP contribution in [0.4, 0.5) is 5.69 Å². The predicted molar refractivity (Wildman–Crippen MR) is 89.6 cm³/mol. The Labute approximate surface area is 141 Å². The standard InChI is InChI=1S/C17H20N2O4S/c20-16-10-4-2-1-3-7-12-11-13(12)17(21)19-24(22,23)15-9-6-5-8-14(15)18-16/h3,5-9,12-13H,1-2,4,10-11H2,(H,18,20)(H,19,21)/b7-3-/t12?,13-/m0/s1. The molecule has 3 rings (SSSR count). The highest BCUT2D eigenvalue weighted by atomic mass is 32.2. The molecule has 2 atom stereocenters. The highest BCUT2D eigenvalue weighted by Gasteiger charge is 2.42. The lowest BCUT2D eigenvalue weighted by Crippen LogP contribution is -2.32. The van der Waals surface area contributed by atoms with Gasteiger partial charge in [-0.2, -0.15) is 0 Å². The van der Waals surface area contributed by atoms with E-state index in [4.69, 9.17) is 0 Å². The van der Waals surface area contributed by atoms with Crippen molar-refractivity contribution in [2.75, 3.05) is 5.32 Å². The van der Waals surface area contributed by atoms with Crippen LogP contribution in [0.3, 0.4) is 0 Å². The zero-order valence-electron chi connectivity index (χ0n) is 13.2. The van der Waals surface area contributed by atoms with E-state index in [0.717, 1.165) is 19.3 Å². The smallest absolute Gasteiger partial charge is 0.266 e. The van der Waals surface area contributed by atoms with E-state index in [2.05, 4.69) is 10.0 Å². The number of anilines is 1. The molecular formula is C17H20N2O4S. The molecule has 2 amide bonds. The van der Waals surface area contributed by atoms with Crippen LogP contribution < -0.4 is 10.0 Å². The first-order valence-electron chi connectivity index (χ1n) is 8.09. The summed E-state index contributed by atoms with van der Waals surface area (Å²) in [4.78, 5) is 24.1. The number of hydrogen-bond acceptors (Lipinski definition) is 4. The van der Waals surface area contributed by atoms with Crippen LogP contribution in [0.15, 0.2) is 41.3 Å². The van der Waals surface area contributed by atoms with E-state index in [1.807, 2.05) is 12.2 Å². The zero-order chi connectivity index (χ0) is 17.2. The van der Waals surface area contributed by atoms with Gasteiger partial charge in [0.1, 0.15) is 4.90 Å². The van der Waals surface area contributed by atoms with Crippen molar-refractivity contribution >= 4 is 27.5 Å². The van der Waals surface area contributed by atoms with Crippen molar-refractivity contribution in [1.82, 2.24) is 4.72 Å². The van der Waals surface area contributed by atoms with E-state index >= 15 is 0 Å². The van der Waals surface area contributed by atoms with Crippen LogP contribution in [0.1, 0.15) is 32.1 Å². The number of para-hydroxylation sites is 1. The molecule has 0 saturated heterocycles. The van der Waals surface area contributed by atoms with E-state index < -0.39 is 15.9 Å². The van der Waals surface area contributed by atoms with Crippen molar-refractivity contribution in [3.05, 3.63) is 36.4 Å². The number of rotatable bonds is 0. The number of amides is 2. The molecule has 0 spiro atoms. The molecule has 1 aromatic carbocycles. The highest BCUT2D eigenvalue weighted by molar-refractivity contribution is 7.90. The Morgan fingerprint density at radius 1 is 1.08 bits per heavy atom. The minimum atomic E-state index is -4.02. The monoisotopic (exact) mass is 348 g/mol. The number of hydrogen-bond donors (Lipinski definition) is 2. The number of carbonyl (C=O) groups excluding carboxylic acids is 2. The first-order valence-corrected chi connectivity index (χ1v) is 9.58. The van der Waals surface area contributed by atoms with E-state index in [0.29, 0.717) is 12.8 Å². The van der Waals surface area contributed by atoms with Gasteiger partial charge in [0.05, 0.1) is 5.69 Å². The topological polar surface area (TPSA) is 92.3 Å². The van der Waals surface area contributed by atoms with Gasteiger partial charge in [0.2, 0.25) is 11.8 Å². The molecule has 24 heavy (non-hydrogen) atoms. The fourth-order valence-corrected chi connectivity index (χ4v) is 4.02. The number of fused-ring (bicyclic) bond motifs is 2. The van der Waals surface area contributed by atoms with Crippen LogP contribution in [0.5, 0.6) is 0 Å².